The fraction of sp³-hybridized carbons (Fsp3) is 0. The summed E-state index contributed by atoms with van der Waals surface area (Å²) in [5, 5.41) is 12.9. The highest BCUT2D eigenvalue weighted by Crippen LogP contribution is 2.42. The smallest absolute Gasteiger partial charge is 0.137 e. The van der Waals surface area contributed by atoms with Gasteiger partial charge in [-0.15, -0.1) is 0 Å². The number of aromatic nitrogens is 2. The highest BCUT2D eigenvalue weighted by atomic mass is 15.0. The lowest BCUT2D eigenvalue weighted by Crippen LogP contribution is -1.88. The van der Waals surface area contributed by atoms with Gasteiger partial charge in [-0.2, -0.15) is 0 Å². The van der Waals surface area contributed by atoms with E-state index in [1.807, 2.05) is 24.4 Å². The Kier molecular flexibility index (Phi) is 5.61. The van der Waals surface area contributed by atoms with Crippen LogP contribution in [0.15, 0.2) is 170 Å². The van der Waals surface area contributed by atoms with Crippen LogP contribution >= 0.6 is 0 Å². The molecule has 2 heterocycles. The molecule has 0 aliphatic carbocycles. The molecular formula is C45H28N2. The Labute approximate surface area is 271 Å². The van der Waals surface area contributed by atoms with Crippen molar-refractivity contribution in [2.75, 3.05) is 0 Å². The first-order valence-corrected chi connectivity index (χ1v) is 16.1. The summed E-state index contributed by atoms with van der Waals surface area (Å²) in [6.07, 6.45) is 4.12. The number of nitrogens with zero attached hydrogens (tertiary/aromatic N) is 2. The topological polar surface area (TPSA) is 17.3 Å². The lowest BCUT2D eigenvalue weighted by molar-refractivity contribution is 1.19. The summed E-state index contributed by atoms with van der Waals surface area (Å²) in [5.74, 6) is 0. The predicted octanol–water partition coefficient (Wildman–Crippen LogP) is 12.1. The van der Waals surface area contributed by atoms with Gasteiger partial charge in [-0.1, -0.05) is 133 Å². The van der Waals surface area contributed by atoms with E-state index in [-0.39, 0.29) is 0 Å². The minimum Gasteiger partial charge on any atom is -0.306 e. The second-order valence-electron chi connectivity index (χ2n) is 12.4. The fourth-order valence-corrected chi connectivity index (χ4v) is 7.51. The van der Waals surface area contributed by atoms with Gasteiger partial charge in [-0.3, -0.25) is 0 Å². The van der Waals surface area contributed by atoms with Gasteiger partial charge < -0.3 is 4.40 Å². The van der Waals surface area contributed by atoms with Gasteiger partial charge in [0.05, 0.1) is 5.69 Å². The van der Waals surface area contributed by atoms with Gasteiger partial charge in [-0.05, 0) is 100 Å². The summed E-state index contributed by atoms with van der Waals surface area (Å²) in [5.41, 5.74) is 7.88. The molecule has 2 aromatic heterocycles. The third kappa shape index (κ3) is 4.09. The van der Waals surface area contributed by atoms with Crippen molar-refractivity contribution in [3.8, 4) is 33.5 Å². The first kappa shape index (κ1) is 26.0. The van der Waals surface area contributed by atoms with Gasteiger partial charge in [0, 0.05) is 18.0 Å². The molecule has 0 aliphatic heterocycles. The fourth-order valence-electron chi connectivity index (χ4n) is 7.51. The molecule has 10 aromatic rings. The molecule has 0 saturated carbocycles. The zero-order valence-electron chi connectivity index (χ0n) is 25.6. The molecule has 47 heavy (non-hydrogen) atoms. The Bertz CT molecular complexity index is 2790. The maximum Gasteiger partial charge on any atom is 0.137 e. The van der Waals surface area contributed by atoms with Crippen LogP contribution in [0.2, 0.25) is 0 Å². The molecule has 0 fully saturated rings. The molecule has 0 atom stereocenters. The molecule has 0 unspecified atom stereocenters. The van der Waals surface area contributed by atoms with Crippen LogP contribution in [-0.2, 0) is 0 Å². The summed E-state index contributed by atoms with van der Waals surface area (Å²) in [6.45, 7) is 0. The van der Waals surface area contributed by atoms with Crippen LogP contribution in [0.4, 0.5) is 0 Å². The molecule has 0 radical (unpaired) electrons. The average Bonchev–Trinajstić information content (AvgIpc) is 3.58. The lowest BCUT2D eigenvalue weighted by atomic mass is 9.88. The number of imidazole rings is 1. The van der Waals surface area contributed by atoms with Gasteiger partial charge in [-0.25, -0.2) is 4.98 Å². The highest BCUT2D eigenvalue weighted by molar-refractivity contribution is 6.33. The van der Waals surface area contributed by atoms with Crippen LogP contribution in [0.25, 0.3) is 93.0 Å². The first-order chi connectivity index (χ1) is 23.3. The summed E-state index contributed by atoms with van der Waals surface area (Å²) >= 11 is 0. The van der Waals surface area contributed by atoms with E-state index >= 15 is 0 Å². The standard InChI is InChI=1S/C45H28N2/c1-3-11-38-36(9-1)37-10-2-4-12-39(37)41-27-35(26-34-24-23-33-8-7-13-40(38)44(33)45(34)41)31-17-15-29(16-18-31)30-19-21-32(22-20-30)42-28-47-25-6-5-14-43(47)46-42/h1-28H. The molecule has 0 saturated heterocycles. The van der Waals surface area contributed by atoms with Crippen molar-refractivity contribution < 1.29 is 0 Å². The van der Waals surface area contributed by atoms with Crippen molar-refractivity contribution in [3.05, 3.63) is 170 Å². The van der Waals surface area contributed by atoms with E-state index in [0.29, 0.717) is 0 Å². The number of hydrogen-bond donors (Lipinski definition) is 0. The van der Waals surface area contributed by atoms with E-state index in [1.165, 1.54) is 76.1 Å². The van der Waals surface area contributed by atoms with Gasteiger partial charge in [0.1, 0.15) is 5.65 Å². The Morgan fingerprint density at radius 1 is 0.362 bits per heavy atom. The Hall–Kier alpha value is -6.25. The lowest BCUT2D eigenvalue weighted by Gasteiger charge is -2.15. The van der Waals surface area contributed by atoms with Crippen molar-refractivity contribution in [3.63, 3.8) is 0 Å². The Balaban J connectivity index is 1.12. The van der Waals surface area contributed by atoms with Crippen LogP contribution in [0.5, 0.6) is 0 Å². The van der Waals surface area contributed by atoms with Gasteiger partial charge in [0.2, 0.25) is 0 Å². The molecular weight excluding hydrogens is 569 g/mol. The van der Waals surface area contributed by atoms with Crippen LogP contribution in [0, 0.1) is 0 Å². The summed E-state index contributed by atoms with van der Waals surface area (Å²) in [4.78, 5) is 4.79. The largest absolute Gasteiger partial charge is 0.306 e. The maximum atomic E-state index is 4.79. The number of hydrogen-bond acceptors (Lipinski definition) is 1. The predicted molar refractivity (Wildman–Crippen MR) is 199 cm³/mol. The molecule has 0 bridgehead atoms. The minimum absolute atomic E-state index is 0.957. The number of rotatable bonds is 3. The zero-order chi connectivity index (χ0) is 30.9. The van der Waals surface area contributed by atoms with Crippen LogP contribution in [0.3, 0.4) is 0 Å². The molecule has 0 aliphatic rings. The molecule has 0 spiro atoms. The number of benzene rings is 7. The van der Waals surface area contributed by atoms with Gasteiger partial charge in [0.15, 0.2) is 0 Å². The molecule has 2 heteroatoms. The number of pyridine rings is 1. The van der Waals surface area contributed by atoms with Gasteiger partial charge in [0.25, 0.3) is 0 Å². The molecule has 218 valence electrons. The van der Waals surface area contributed by atoms with E-state index in [4.69, 9.17) is 4.98 Å². The quantitative estimate of drug-likeness (QED) is 0.185. The van der Waals surface area contributed by atoms with Crippen molar-refractivity contribution >= 4 is 59.5 Å². The van der Waals surface area contributed by atoms with E-state index in [9.17, 15) is 0 Å². The zero-order valence-corrected chi connectivity index (χ0v) is 25.6. The number of fused-ring (bicyclic) bond motifs is 6. The van der Waals surface area contributed by atoms with Crippen molar-refractivity contribution in [2.24, 2.45) is 0 Å². The molecule has 0 amide bonds. The van der Waals surface area contributed by atoms with Crippen molar-refractivity contribution in [1.82, 2.24) is 9.38 Å². The summed E-state index contributed by atoms with van der Waals surface area (Å²) < 4.78 is 2.06. The van der Waals surface area contributed by atoms with Gasteiger partial charge >= 0.3 is 0 Å². The minimum atomic E-state index is 0.957. The first-order valence-electron chi connectivity index (χ1n) is 16.1. The SMILES string of the molecule is c1ccc2c(c1)c1ccccc1c1cc(-c3ccc(-c4ccc(-c5cn6ccccc6n5)cc4)cc3)cc3ccc4cccc2c4c31. The molecule has 10 rings (SSSR count). The molecule has 0 N–H and O–H groups in total. The van der Waals surface area contributed by atoms with E-state index < -0.39 is 0 Å². The molecule has 8 aromatic carbocycles. The van der Waals surface area contributed by atoms with Crippen LogP contribution in [0.1, 0.15) is 0 Å². The summed E-state index contributed by atoms with van der Waals surface area (Å²) in [7, 11) is 0. The average molecular weight is 597 g/mol. The monoisotopic (exact) mass is 596 g/mol. The highest BCUT2D eigenvalue weighted by Gasteiger charge is 2.14. The third-order valence-electron chi connectivity index (χ3n) is 9.78. The maximum absolute atomic E-state index is 4.79. The van der Waals surface area contributed by atoms with Crippen molar-refractivity contribution in [1.29, 1.82) is 0 Å². The van der Waals surface area contributed by atoms with Crippen LogP contribution in [-0.4, -0.2) is 9.38 Å². The van der Waals surface area contributed by atoms with E-state index in [0.717, 1.165) is 16.9 Å². The Morgan fingerprint density at radius 3 is 1.57 bits per heavy atom. The molecule has 2 nitrogen and oxygen atoms in total. The summed E-state index contributed by atoms with van der Waals surface area (Å²) in [6, 6.07) is 57.6. The van der Waals surface area contributed by atoms with Crippen LogP contribution < -0.4 is 0 Å². The van der Waals surface area contributed by atoms with E-state index in [2.05, 4.69) is 150 Å². The third-order valence-corrected chi connectivity index (χ3v) is 9.78. The van der Waals surface area contributed by atoms with Crippen molar-refractivity contribution in [2.45, 2.75) is 0 Å². The second kappa shape index (κ2) is 10.1. The second-order valence-corrected chi connectivity index (χ2v) is 12.4. The Morgan fingerprint density at radius 2 is 0.894 bits per heavy atom. The van der Waals surface area contributed by atoms with E-state index in [1.54, 1.807) is 0 Å². The normalized spacial score (nSPS) is 11.8.